The molecular formula is C23H41O2P5. The summed E-state index contributed by atoms with van der Waals surface area (Å²) in [5, 5.41) is 0. The van der Waals surface area contributed by atoms with E-state index < -0.39 is 7.53 Å². The number of hydrogen-bond donors (Lipinski definition) is 0. The van der Waals surface area contributed by atoms with Crippen LogP contribution in [0, 0.1) is 17.8 Å². The number of unbranched alkanes of at least 4 members (excludes halogenated alkanes) is 3. The molecule has 0 fully saturated rings. The van der Waals surface area contributed by atoms with Crippen LogP contribution in [-0.4, -0.2) is 6.10 Å². The zero-order valence-electron chi connectivity index (χ0n) is 18.9. The molecule has 0 amide bonds. The first-order valence-corrected chi connectivity index (χ1v) is 18.4. The van der Waals surface area contributed by atoms with Gasteiger partial charge in [0.2, 0.25) is 0 Å². The average molecular weight is 504 g/mol. The number of aryl methyl sites for hydroxylation is 1. The Morgan fingerprint density at radius 3 is 2.50 bits per heavy atom. The standard InChI is InChI=1S/C23H41O2P5/c1-4-6-8-10-13-19(3)22(24-29-26)18-17-20-14-11-12-15-21(20)23(25-30(27)28)16-9-7-5-2/h11-12,14-15,19,22-23,29H,4-6,8,10,13,16-18,26-28H2,1-3H3. The molecule has 7 heteroatoms. The molecule has 0 N–H and O–H groups in total. The van der Waals surface area contributed by atoms with Gasteiger partial charge in [-0.05, 0) is 36.3 Å². The summed E-state index contributed by atoms with van der Waals surface area (Å²) in [5.74, 6) is 7.08. The Hall–Kier alpha value is 0.850. The molecule has 1 rings (SSSR count). The van der Waals surface area contributed by atoms with Crippen molar-refractivity contribution in [3.05, 3.63) is 35.4 Å². The van der Waals surface area contributed by atoms with Crippen molar-refractivity contribution < 1.29 is 9.05 Å². The molecule has 0 aliphatic carbocycles. The molecule has 30 heavy (non-hydrogen) atoms. The van der Waals surface area contributed by atoms with Crippen LogP contribution in [0.15, 0.2) is 24.3 Å². The normalized spacial score (nSPS) is 14.6. The predicted molar refractivity (Wildman–Crippen MR) is 148 cm³/mol. The van der Waals surface area contributed by atoms with E-state index in [0.717, 1.165) is 25.7 Å². The van der Waals surface area contributed by atoms with Gasteiger partial charge in [0, 0.05) is 21.3 Å². The molecule has 2 nitrogen and oxygen atoms in total. The molecule has 7 unspecified atom stereocenters. The Balaban J connectivity index is 2.84. The highest BCUT2D eigenvalue weighted by molar-refractivity contribution is 8.41. The van der Waals surface area contributed by atoms with Gasteiger partial charge in [0.15, 0.2) is 0 Å². The summed E-state index contributed by atoms with van der Waals surface area (Å²) in [6.07, 6.45) is 10.6. The second-order valence-corrected chi connectivity index (χ2v) is 14.7. The maximum Gasteiger partial charge on any atom is 0.0988 e. The zero-order valence-corrected chi connectivity index (χ0v) is 24.3. The third-order valence-corrected chi connectivity index (χ3v) is 7.38. The minimum Gasteiger partial charge on any atom is -0.355 e. The fourth-order valence-electron chi connectivity index (χ4n) is 3.64. The molecule has 0 aromatic heterocycles. The highest BCUT2D eigenvalue weighted by Crippen LogP contribution is 2.57. The quantitative estimate of drug-likeness (QED) is 0.135. The van der Waals surface area contributed by atoms with E-state index in [1.54, 1.807) is 0 Å². The minimum absolute atomic E-state index is 0.0239. The minimum atomic E-state index is -0.605. The molecule has 0 aliphatic rings. The van der Waals surface area contributed by atoms with Crippen LogP contribution in [0.4, 0.5) is 0 Å². The van der Waals surface area contributed by atoms with Gasteiger partial charge in [0.25, 0.3) is 0 Å². The van der Waals surface area contributed by atoms with E-state index in [1.165, 1.54) is 43.2 Å². The molecule has 0 heterocycles. The summed E-state index contributed by atoms with van der Waals surface area (Å²) >= 11 is 0. The fourth-order valence-corrected chi connectivity index (χ4v) is 6.05. The van der Waals surface area contributed by atoms with Crippen LogP contribution in [0.2, 0.25) is 0 Å². The highest BCUT2D eigenvalue weighted by Gasteiger charge is 2.21. The largest absolute Gasteiger partial charge is 0.355 e. The van der Waals surface area contributed by atoms with Crippen LogP contribution >= 0.6 is 42.8 Å². The summed E-state index contributed by atoms with van der Waals surface area (Å²) in [4.78, 5) is 0. The van der Waals surface area contributed by atoms with E-state index in [2.05, 4.69) is 83.7 Å². The van der Waals surface area contributed by atoms with Gasteiger partial charge in [0.1, 0.15) is 0 Å². The second kappa shape index (κ2) is 18.3. The Morgan fingerprint density at radius 2 is 1.83 bits per heavy atom. The zero-order chi connectivity index (χ0) is 22.2. The molecule has 0 saturated carbocycles. The predicted octanol–water partition coefficient (Wildman–Crippen LogP) is 8.83. The number of hydrogen-bond acceptors (Lipinski definition) is 2. The molecule has 170 valence electrons. The van der Waals surface area contributed by atoms with E-state index in [9.17, 15) is 0 Å². The summed E-state index contributed by atoms with van der Waals surface area (Å²) in [6.45, 7) is 6.71. The smallest absolute Gasteiger partial charge is 0.0988 e. The van der Waals surface area contributed by atoms with Crippen molar-refractivity contribution in [3.8, 4) is 11.8 Å². The van der Waals surface area contributed by atoms with Crippen molar-refractivity contribution in [2.24, 2.45) is 5.92 Å². The van der Waals surface area contributed by atoms with Gasteiger partial charge in [-0.3, -0.25) is 0 Å². The molecule has 0 bridgehead atoms. The van der Waals surface area contributed by atoms with Gasteiger partial charge >= 0.3 is 0 Å². The summed E-state index contributed by atoms with van der Waals surface area (Å²) in [7, 11) is 8.15. The molecule has 7 atom stereocenters. The third kappa shape index (κ3) is 12.2. The van der Waals surface area contributed by atoms with Gasteiger partial charge in [0.05, 0.1) is 19.7 Å². The Bertz CT molecular complexity index is 630. The molecular weight excluding hydrogens is 463 g/mol. The molecule has 0 spiro atoms. The first kappa shape index (κ1) is 28.9. The Labute approximate surface area is 195 Å². The molecule has 0 aliphatic heterocycles. The summed E-state index contributed by atoms with van der Waals surface area (Å²) in [6, 6.07) is 8.71. The second-order valence-electron chi connectivity index (χ2n) is 7.70. The van der Waals surface area contributed by atoms with Crippen molar-refractivity contribution >= 4 is 42.8 Å². The Morgan fingerprint density at radius 1 is 1.07 bits per heavy atom. The fraction of sp³-hybridized carbons (Fsp3) is 0.652. The number of benzene rings is 1. The van der Waals surface area contributed by atoms with Gasteiger partial charge < -0.3 is 9.05 Å². The van der Waals surface area contributed by atoms with Crippen molar-refractivity contribution in [1.29, 1.82) is 0 Å². The van der Waals surface area contributed by atoms with Crippen molar-refractivity contribution in [2.45, 2.75) is 90.8 Å². The maximum atomic E-state index is 6.26. The molecule has 0 saturated heterocycles. The van der Waals surface area contributed by atoms with Gasteiger partial charge in [-0.25, -0.2) is 0 Å². The first-order chi connectivity index (χ1) is 14.5. The molecule has 1 aromatic rings. The Kier molecular flexibility index (Phi) is 17.6. The lowest BCUT2D eigenvalue weighted by molar-refractivity contribution is 0.150. The van der Waals surface area contributed by atoms with Crippen LogP contribution < -0.4 is 0 Å². The maximum absolute atomic E-state index is 6.26. The lowest BCUT2D eigenvalue weighted by Crippen LogP contribution is -2.20. The third-order valence-electron chi connectivity index (χ3n) is 5.31. The van der Waals surface area contributed by atoms with E-state index in [0.29, 0.717) is 20.5 Å². The molecule has 1 aromatic carbocycles. The van der Waals surface area contributed by atoms with E-state index in [1.807, 2.05) is 0 Å². The molecule has 0 radical (unpaired) electrons. The van der Waals surface area contributed by atoms with Crippen LogP contribution in [0.5, 0.6) is 0 Å². The van der Waals surface area contributed by atoms with E-state index >= 15 is 0 Å². The van der Waals surface area contributed by atoms with Crippen LogP contribution in [0.3, 0.4) is 0 Å². The van der Waals surface area contributed by atoms with Crippen molar-refractivity contribution in [3.63, 3.8) is 0 Å². The summed E-state index contributed by atoms with van der Waals surface area (Å²) in [5.41, 5.74) is 2.65. The highest BCUT2D eigenvalue weighted by atomic mass is 32.4. The van der Waals surface area contributed by atoms with E-state index in [4.69, 9.17) is 9.05 Å². The summed E-state index contributed by atoms with van der Waals surface area (Å²) < 4.78 is 12.4. The average Bonchev–Trinajstić information content (AvgIpc) is 2.73. The van der Waals surface area contributed by atoms with Crippen molar-refractivity contribution in [2.75, 3.05) is 0 Å². The lowest BCUT2D eigenvalue weighted by Gasteiger charge is -2.25. The van der Waals surface area contributed by atoms with Gasteiger partial charge in [-0.15, -0.1) is 11.8 Å². The van der Waals surface area contributed by atoms with E-state index in [-0.39, 0.29) is 6.10 Å². The topological polar surface area (TPSA) is 18.5 Å². The lowest BCUT2D eigenvalue weighted by atomic mass is 9.91. The van der Waals surface area contributed by atoms with Crippen LogP contribution in [0.1, 0.15) is 89.4 Å². The SMILES string of the molecule is CCC#CCC(OP(P)P)c1ccccc1CCC(OPP)C(C)CCCCCC. The first-order valence-electron chi connectivity index (χ1n) is 11.1. The van der Waals surface area contributed by atoms with Gasteiger partial charge in [-0.2, -0.15) is 0 Å². The monoisotopic (exact) mass is 504 g/mol. The van der Waals surface area contributed by atoms with Crippen LogP contribution in [-0.2, 0) is 15.5 Å². The number of rotatable bonds is 15. The van der Waals surface area contributed by atoms with Crippen molar-refractivity contribution in [1.82, 2.24) is 0 Å². The van der Waals surface area contributed by atoms with Gasteiger partial charge in [-0.1, -0.05) is 97.5 Å². The van der Waals surface area contributed by atoms with Crippen LogP contribution in [0.25, 0.3) is 0 Å².